The van der Waals surface area contributed by atoms with Crippen molar-refractivity contribution in [3.63, 3.8) is 0 Å². The third kappa shape index (κ3) is 3.14. The van der Waals surface area contributed by atoms with Crippen molar-refractivity contribution in [3.8, 4) is 0 Å². The first-order chi connectivity index (χ1) is 7.74. The molecule has 0 radical (unpaired) electrons. The highest BCUT2D eigenvalue weighted by molar-refractivity contribution is 9.10. The molecule has 1 aromatic carbocycles. The van der Waals surface area contributed by atoms with Crippen LogP contribution in [0.25, 0.3) is 0 Å². The second kappa shape index (κ2) is 5.21. The first-order valence-corrected chi connectivity index (χ1v) is 5.87. The highest BCUT2D eigenvalue weighted by Gasteiger charge is 1.97. The zero-order valence-corrected chi connectivity index (χ0v) is 10.2. The maximum atomic E-state index is 12.7. The molecule has 0 unspecified atom stereocenters. The Morgan fingerprint density at radius 1 is 1.00 bits per heavy atom. The Bertz CT molecular complexity index is 468. The van der Waals surface area contributed by atoms with Gasteiger partial charge in [-0.25, -0.2) is 4.39 Å². The van der Waals surface area contributed by atoms with Crippen LogP contribution in [0.2, 0.25) is 0 Å². The van der Waals surface area contributed by atoms with Gasteiger partial charge in [0.15, 0.2) is 0 Å². The number of halogens is 2. The van der Waals surface area contributed by atoms with E-state index in [2.05, 4.69) is 27.0 Å². The van der Waals surface area contributed by atoms with Crippen molar-refractivity contribution in [2.45, 2.75) is 12.8 Å². The van der Waals surface area contributed by atoms with Crippen LogP contribution >= 0.6 is 15.9 Å². The number of rotatable bonds is 3. The topological polar surface area (TPSA) is 12.9 Å². The quantitative estimate of drug-likeness (QED) is 0.834. The number of benzene rings is 1. The lowest BCUT2D eigenvalue weighted by atomic mass is 10.1. The molecule has 0 spiro atoms. The maximum Gasteiger partial charge on any atom is 0.123 e. The molecule has 3 heteroatoms. The molecule has 16 heavy (non-hydrogen) atoms. The Hall–Kier alpha value is -1.22. The molecule has 0 N–H and O–H groups in total. The van der Waals surface area contributed by atoms with E-state index in [9.17, 15) is 4.39 Å². The predicted octanol–water partition coefficient (Wildman–Crippen LogP) is 3.77. The van der Waals surface area contributed by atoms with Crippen LogP contribution in [-0.2, 0) is 12.8 Å². The lowest BCUT2D eigenvalue weighted by Gasteiger charge is -2.02. The largest absolute Gasteiger partial charge is 0.263 e. The van der Waals surface area contributed by atoms with Gasteiger partial charge in [-0.3, -0.25) is 4.98 Å². The Kier molecular flexibility index (Phi) is 3.67. The summed E-state index contributed by atoms with van der Waals surface area (Å²) in [5.74, 6) is -0.187. The van der Waals surface area contributed by atoms with E-state index in [1.807, 2.05) is 18.3 Å². The van der Waals surface area contributed by atoms with Crippen molar-refractivity contribution in [2.75, 3.05) is 0 Å². The molecule has 0 saturated carbocycles. The molecule has 1 heterocycles. The fraction of sp³-hybridized carbons (Fsp3) is 0.154. The molecule has 0 amide bonds. The van der Waals surface area contributed by atoms with E-state index >= 15 is 0 Å². The number of pyridine rings is 1. The van der Waals surface area contributed by atoms with E-state index in [4.69, 9.17) is 0 Å². The summed E-state index contributed by atoms with van der Waals surface area (Å²) >= 11 is 3.39. The first kappa shape index (κ1) is 11.3. The normalized spacial score (nSPS) is 10.4. The van der Waals surface area contributed by atoms with Gasteiger partial charge in [-0.15, -0.1) is 0 Å². The van der Waals surface area contributed by atoms with E-state index in [1.54, 1.807) is 6.20 Å². The molecule has 82 valence electrons. The van der Waals surface area contributed by atoms with Gasteiger partial charge in [-0.2, -0.15) is 0 Å². The minimum Gasteiger partial charge on any atom is -0.263 e. The summed E-state index contributed by atoms with van der Waals surface area (Å²) in [4.78, 5) is 4.10. The Morgan fingerprint density at radius 2 is 1.69 bits per heavy atom. The number of aromatic nitrogens is 1. The molecule has 0 aliphatic carbocycles. The van der Waals surface area contributed by atoms with Gasteiger partial charge < -0.3 is 0 Å². The Balaban J connectivity index is 1.99. The molecule has 0 aliphatic rings. The van der Waals surface area contributed by atoms with Gasteiger partial charge in [0.2, 0.25) is 0 Å². The minimum atomic E-state index is -0.187. The van der Waals surface area contributed by atoms with Crippen molar-refractivity contribution in [1.29, 1.82) is 0 Å². The standard InChI is InChI=1S/C13H11BrFN/c14-12-7-11(8-16-9-12)2-1-10-3-5-13(15)6-4-10/h3-9H,1-2H2. The van der Waals surface area contributed by atoms with Gasteiger partial charge in [0, 0.05) is 16.9 Å². The summed E-state index contributed by atoms with van der Waals surface area (Å²) in [5, 5.41) is 0. The average Bonchev–Trinajstić information content (AvgIpc) is 2.28. The lowest BCUT2D eigenvalue weighted by molar-refractivity contribution is 0.627. The van der Waals surface area contributed by atoms with Crippen LogP contribution in [-0.4, -0.2) is 4.98 Å². The number of hydrogen-bond acceptors (Lipinski definition) is 1. The summed E-state index contributed by atoms with van der Waals surface area (Å²) in [6.07, 6.45) is 5.44. The summed E-state index contributed by atoms with van der Waals surface area (Å²) in [6.45, 7) is 0. The highest BCUT2D eigenvalue weighted by atomic mass is 79.9. The summed E-state index contributed by atoms with van der Waals surface area (Å²) in [6, 6.07) is 8.68. The molecule has 2 rings (SSSR count). The Labute approximate surface area is 102 Å². The first-order valence-electron chi connectivity index (χ1n) is 5.08. The van der Waals surface area contributed by atoms with Crippen LogP contribution in [0.5, 0.6) is 0 Å². The van der Waals surface area contributed by atoms with Crippen LogP contribution in [0.3, 0.4) is 0 Å². The Morgan fingerprint density at radius 3 is 2.38 bits per heavy atom. The molecular formula is C13H11BrFN. The molecule has 2 aromatic rings. The molecule has 1 nitrogen and oxygen atoms in total. The summed E-state index contributed by atoms with van der Waals surface area (Å²) in [5.41, 5.74) is 2.32. The molecular weight excluding hydrogens is 269 g/mol. The van der Waals surface area contributed by atoms with E-state index < -0.39 is 0 Å². The van der Waals surface area contributed by atoms with Crippen LogP contribution in [0.1, 0.15) is 11.1 Å². The van der Waals surface area contributed by atoms with Crippen molar-refractivity contribution in [1.82, 2.24) is 4.98 Å². The molecule has 0 aliphatic heterocycles. The molecule has 0 atom stereocenters. The minimum absolute atomic E-state index is 0.187. The second-order valence-electron chi connectivity index (χ2n) is 3.64. The van der Waals surface area contributed by atoms with Gasteiger partial charge in [0.25, 0.3) is 0 Å². The van der Waals surface area contributed by atoms with Crippen molar-refractivity contribution < 1.29 is 4.39 Å². The van der Waals surface area contributed by atoms with Crippen LogP contribution in [0, 0.1) is 5.82 Å². The fourth-order valence-corrected chi connectivity index (χ4v) is 1.94. The maximum absolute atomic E-state index is 12.7. The highest BCUT2D eigenvalue weighted by Crippen LogP contribution is 2.12. The third-order valence-electron chi connectivity index (χ3n) is 2.38. The monoisotopic (exact) mass is 279 g/mol. The van der Waals surface area contributed by atoms with Gasteiger partial charge in [0.1, 0.15) is 5.82 Å². The van der Waals surface area contributed by atoms with Crippen LogP contribution < -0.4 is 0 Å². The van der Waals surface area contributed by atoms with E-state index in [0.29, 0.717) is 0 Å². The zero-order chi connectivity index (χ0) is 11.4. The average molecular weight is 280 g/mol. The number of nitrogens with zero attached hydrogens (tertiary/aromatic N) is 1. The van der Waals surface area contributed by atoms with E-state index in [-0.39, 0.29) is 5.82 Å². The third-order valence-corrected chi connectivity index (χ3v) is 2.81. The predicted molar refractivity (Wildman–Crippen MR) is 65.7 cm³/mol. The number of hydrogen-bond donors (Lipinski definition) is 0. The SMILES string of the molecule is Fc1ccc(CCc2cncc(Br)c2)cc1. The van der Waals surface area contributed by atoms with Crippen molar-refractivity contribution in [2.24, 2.45) is 0 Å². The van der Waals surface area contributed by atoms with Crippen LogP contribution in [0.15, 0.2) is 47.2 Å². The van der Waals surface area contributed by atoms with Gasteiger partial charge in [0.05, 0.1) is 0 Å². The molecule has 0 fully saturated rings. The van der Waals surface area contributed by atoms with Crippen molar-refractivity contribution in [3.05, 3.63) is 64.1 Å². The smallest absolute Gasteiger partial charge is 0.123 e. The second-order valence-corrected chi connectivity index (χ2v) is 4.55. The zero-order valence-electron chi connectivity index (χ0n) is 8.66. The van der Waals surface area contributed by atoms with E-state index in [1.165, 1.54) is 17.7 Å². The molecule has 1 aromatic heterocycles. The molecule has 0 saturated heterocycles. The van der Waals surface area contributed by atoms with Gasteiger partial charge in [-0.1, -0.05) is 12.1 Å². The van der Waals surface area contributed by atoms with Gasteiger partial charge >= 0.3 is 0 Å². The molecule has 0 bridgehead atoms. The van der Waals surface area contributed by atoms with E-state index in [0.717, 1.165) is 22.9 Å². The number of aryl methyl sites for hydroxylation is 2. The van der Waals surface area contributed by atoms with Crippen molar-refractivity contribution >= 4 is 15.9 Å². The van der Waals surface area contributed by atoms with Crippen LogP contribution in [0.4, 0.5) is 4.39 Å². The lowest BCUT2D eigenvalue weighted by Crippen LogP contribution is -1.92. The summed E-state index contributed by atoms with van der Waals surface area (Å²) in [7, 11) is 0. The fourth-order valence-electron chi connectivity index (χ4n) is 1.53. The van der Waals surface area contributed by atoms with Gasteiger partial charge in [-0.05, 0) is 58.1 Å². The summed E-state index contributed by atoms with van der Waals surface area (Å²) < 4.78 is 13.7.